The highest BCUT2D eigenvalue weighted by Gasteiger charge is 2.17. The van der Waals surface area contributed by atoms with E-state index in [0.717, 1.165) is 22.2 Å². The lowest BCUT2D eigenvalue weighted by Gasteiger charge is -2.10. The van der Waals surface area contributed by atoms with E-state index in [4.69, 9.17) is 5.73 Å². The standard InChI is InChI=1S/C22H18N4O3S3/c1-2-9-26-21(29)15-11-16(13-6-4-3-5-7-13)32-20(15)25-22(26)31-12-17(27)24-19-14(18(23)28)8-10-30-19/h2-8,10-11H,1,9,12H2,(H2,23,28)(H,24,27). The van der Waals surface area contributed by atoms with Gasteiger partial charge < -0.3 is 11.1 Å². The fourth-order valence-electron chi connectivity index (χ4n) is 3.04. The number of aromatic nitrogens is 2. The SMILES string of the molecule is C=CCn1c(SCC(=O)Nc2sccc2C(N)=O)nc2sc(-c3ccccc3)cc2c1=O. The van der Waals surface area contributed by atoms with E-state index in [1.807, 2.05) is 36.4 Å². The van der Waals surface area contributed by atoms with E-state index in [-0.39, 0.29) is 29.3 Å². The van der Waals surface area contributed by atoms with Gasteiger partial charge in [-0.3, -0.25) is 19.0 Å². The number of thiophene rings is 2. The molecule has 0 saturated heterocycles. The largest absolute Gasteiger partial charge is 0.366 e. The lowest BCUT2D eigenvalue weighted by Crippen LogP contribution is -2.23. The molecule has 0 atom stereocenters. The average molecular weight is 483 g/mol. The number of fused-ring (bicyclic) bond motifs is 1. The van der Waals surface area contributed by atoms with Crippen LogP contribution >= 0.6 is 34.4 Å². The third-order valence-electron chi connectivity index (χ3n) is 4.50. The van der Waals surface area contributed by atoms with Crippen molar-refractivity contribution in [3.8, 4) is 10.4 Å². The number of amides is 2. The second-order valence-corrected chi connectivity index (χ2v) is 9.55. The van der Waals surface area contributed by atoms with Crippen LogP contribution in [0.15, 0.2) is 70.5 Å². The number of hydrogen-bond donors (Lipinski definition) is 2. The number of rotatable bonds is 8. The van der Waals surface area contributed by atoms with Gasteiger partial charge in [-0.1, -0.05) is 48.2 Å². The summed E-state index contributed by atoms with van der Waals surface area (Å²) in [5.74, 6) is -0.911. The monoisotopic (exact) mass is 482 g/mol. The highest BCUT2D eigenvalue weighted by atomic mass is 32.2. The van der Waals surface area contributed by atoms with Gasteiger partial charge in [-0.15, -0.1) is 29.3 Å². The van der Waals surface area contributed by atoms with E-state index in [9.17, 15) is 14.4 Å². The minimum atomic E-state index is -0.604. The molecule has 32 heavy (non-hydrogen) atoms. The Morgan fingerprint density at radius 3 is 2.75 bits per heavy atom. The molecule has 0 fully saturated rings. The van der Waals surface area contributed by atoms with Gasteiger partial charge in [0, 0.05) is 11.4 Å². The van der Waals surface area contributed by atoms with Gasteiger partial charge >= 0.3 is 0 Å². The zero-order chi connectivity index (χ0) is 22.7. The molecule has 0 aliphatic carbocycles. The molecule has 3 heterocycles. The molecule has 0 aliphatic rings. The van der Waals surface area contributed by atoms with Crippen LogP contribution in [0.3, 0.4) is 0 Å². The first kappa shape index (κ1) is 22.0. The van der Waals surface area contributed by atoms with Crippen molar-refractivity contribution in [2.24, 2.45) is 5.73 Å². The topological polar surface area (TPSA) is 107 Å². The molecule has 1 aromatic carbocycles. The zero-order valence-corrected chi connectivity index (χ0v) is 19.2. The van der Waals surface area contributed by atoms with Crippen LogP contribution in [0.5, 0.6) is 0 Å². The molecule has 0 spiro atoms. The quantitative estimate of drug-likeness (QED) is 0.222. The summed E-state index contributed by atoms with van der Waals surface area (Å²) in [6, 6.07) is 13.2. The maximum Gasteiger partial charge on any atom is 0.263 e. The van der Waals surface area contributed by atoms with E-state index in [1.165, 1.54) is 27.2 Å². The predicted octanol–water partition coefficient (Wildman–Crippen LogP) is 4.20. The van der Waals surface area contributed by atoms with E-state index < -0.39 is 5.91 Å². The Kier molecular flexibility index (Phi) is 6.54. The van der Waals surface area contributed by atoms with Gasteiger partial charge in [0.1, 0.15) is 9.83 Å². The minimum Gasteiger partial charge on any atom is -0.366 e. The van der Waals surface area contributed by atoms with Gasteiger partial charge in [0.25, 0.3) is 11.5 Å². The fraction of sp³-hybridized carbons (Fsp3) is 0.0909. The summed E-state index contributed by atoms with van der Waals surface area (Å²) in [5, 5.41) is 5.75. The van der Waals surface area contributed by atoms with Gasteiger partial charge in [-0.25, -0.2) is 4.98 Å². The molecule has 7 nitrogen and oxygen atoms in total. The number of nitrogens with zero attached hydrogens (tertiary/aromatic N) is 2. The molecule has 10 heteroatoms. The Morgan fingerprint density at radius 1 is 1.25 bits per heavy atom. The lowest BCUT2D eigenvalue weighted by molar-refractivity contribution is -0.113. The zero-order valence-electron chi connectivity index (χ0n) is 16.7. The molecule has 0 unspecified atom stereocenters. The Bertz CT molecular complexity index is 1370. The second kappa shape index (κ2) is 9.51. The average Bonchev–Trinajstić information content (AvgIpc) is 3.42. The van der Waals surface area contributed by atoms with Crippen molar-refractivity contribution in [2.75, 3.05) is 11.1 Å². The molecule has 0 bridgehead atoms. The number of primary amides is 1. The van der Waals surface area contributed by atoms with Crippen LogP contribution in [0.25, 0.3) is 20.7 Å². The Morgan fingerprint density at radius 2 is 2.03 bits per heavy atom. The van der Waals surface area contributed by atoms with Gasteiger partial charge in [-0.05, 0) is 23.1 Å². The van der Waals surface area contributed by atoms with E-state index >= 15 is 0 Å². The molecule has 3 aromatic heterocycles. The molecule has 4 rings (SSSR count). The second-order valence-electron chi connectivity index (χ2n) is 6.66. The first-order valence-corrected chi connectivity index (χ1v) is 12.2. The highest BCUT2D eigenvalue weighted by molar-refractivity contribution is 7.99. The lowest BCUT2D eigenvalue weighted by atomic mass is 10.2. The number of thioether (sulfide) groups is 1. The molecule has 4 aromatic rings. The summed E-state index contributed by atoms with van der Waals surface area (Å²) in [6.07, 6.45) is 1.62. The van der Waals surface area contributed by atoms with Gasteiger partial charge in [0.2, 0.25) is 5.91 Å². The van der Waals surface area contributed by atoms with Crippen molar-refractivity contribution in [2.45, 2.75) is 11.7 Å². The van der Waals surface area contributed by atoms with Crippen molar-refractivity contribution >= 4 is 61.5 Å². The minimum absolute atomic E-state index is 0.0160. The van der Waals surface area contributed by atoms with Crippen LogP contribution in [-0.2, 0) is 11.3 Å². The van der Waals surface area contributed by atoms with Crippen molar-refractivity contribution in [3.63, 3.8) is 0 Å². The number of nitrogens with one attached hydrogen (secondary N) is 1. The molecular formula is C22H18N4O3S3. The number of carbonyl (C=O) groups is 2. The number of allylic oxidation sites excluding steroid dienone is 1. The maximum absolute atomic E-state index is 13.1. The van der Waals surface area contributed by atoms with Crippen molar-refractivity contribution < 1.29 is 9.59 Å². The normalized spacial score (nSPS) is 10.9. The molecule has 0 aliphatic heterocycles. The van der Waals surface area contributed by atoms with E-state index in [0.29, 0.717) is 20.4 Å². The molecule has 0 saturated carbocycles. The van der Waals surface area contributed by atoms with Gasteiger partial charge in [0.05, 0.1) is 16.7 Å². The van der Waals surface area contributed by atoms with E-state index in [1.54, 1.807) is 17.5 Å². The Balaban J connectivity index is 1.61. The van der Waals surface area contributed by atoms with E-state index in [2.05, 4.69) is 16.9 Å². The smallest absolute Gasteiger partial charge is 0.263 e. The van der Waals surface area contributed by atoms with Crippen molar-refractivity contribution in [1.29, 1.82) is 0 Å². The molecular weight excluding hydrogens is 464 g/mol. The summed E-state index contributed by atoms with van der Waals surface area (Å²) < 4.78 is 1.51. The highest BCUT2D eigenvalue weighted by Crippen LogP contribution is 2.32. The number of anilines is 1. The molecule has 162 valence electrons. The summed E-state index contributed by atoms with van der Waals surface area (Å²) in [5.41, 5.74) is 6.43. The first-order chi connectivity index (χ1) is 15.5. The van der Waals surface area contributed by atoms with Crippen LogP contribution < -0.4 is 16.6 Å². The Labute approximate surface area is 195 Å². The van der Waals surface area contributed by atoms with Crippen molar-refractivity contribution in [1.82, 2.24) is 9.55 Å². The predicted molar refractivity (Wildman–Crippen MR) is 132 cm³/mol. The number of hydrogen-bond acceptors (Lipinski definition) is 7. The molecule has 2 amide bonds. The van der Waals surface area contributed by atoms with Crippen molar-refractivity contribution in [3.05, 3.63) is 76.4 Å². The van der Waals surface area contributed by atoms with Crippen LogP contribution in [0.2, 0.25) is 0 Å². The number of benzene rings is 1. The summed E-state index contributed by atoms with van der Waals surface area (Å²) in [6.45, 7) is 4.00. The third kappa shape index (κ3) is 4.52. The van der Waals surface area contributed by atoms with Gasteiger partial charge in [-0.2, -0.15) is 0 Å². The molecule has 3 N–H and O–H groups in total. The first-order valence-electron chi connectivity index (χ1n) is 9.48. The molecule has 0 radical (unpaired) electrons. The number of carbonyl (C=O) groups excluding carboxylic acids is 2. The van der Waals surface area contributed by atoms with Crippen LogP contribution in [0.1, 0.15) is 10.4 Å². The summed E-state index contributed by atoms with van der Waals surface area (Å²) >= 11 is 3.81. The maximum atomic E-state index is 13.1. The Hall–Kier alpha value is -3.21. The fourth-order valence-corrected chi connectivity index (χ4v) is 5.73. The summed E-state index contributed by atoms with van der Waals surface area (Å²) in [7, 11) is 0. The number of nitrogens with two attached hydrogens (primary N) is 1. The van der Waals surface area contributed by atoms with Crippen LogP contribution in [0.4, 0.5) is 5.00 Å². The van der Waals surface area contributed by atoms with Crippen LogP contribution in [-0.4, -0.2) is 27.1 Å². The summed E-state index contributed by atoms with van der Waals surface area (Å²) in [4.78, 5) is 43.2. The third-order valence-corrected chi connectivity index (χ3v) is 7.39. The van der Waals surface area contributed by atoms with Crippen LogP contribution in [0, 0.1) is 0 Å². The van der Waals surface area contributed by atoms with Gasteiger partial charge in [0.15, 0.2) is 5.16 Å².